The lowest BCUT2D eigenvalue weighted by atomic mass is 10.1. The second kappa shape index (κ2) is 2.57. The van der Waals surface area contributed by atoms with E-state index in [-0.39, 0.29) is 5.69 Å². The van der Waals surface area contributed by atoms with Gasteiger partial charge in [-0.3, -0.25) is 10.1 Å². The molecule has 15 heavy (non-hydrogen) atoms. The van der Waals surface area contributed by atoms with Crippen LogP contribution in [0.1, 0.15) is 0 Å². The number of H-pyrrole nitrogens is 2. The molecule has 0 aliphatic rings. The first-order chi connectivity index (χ1) is 7.27. The standard InChI is InChI=1S/C9H6N4O2/c14-13(15)7-3-5-4-11-12-8(5)6-1-2-10-9(6)7/h1-4,11-12H. The van der Waals surface area contributed by atoms with Crippen molar-refractivity contribution in [3.8, 4) is 0 Å². The molecule has 1 aromatic carbocycles. The van der Waals surface area contributed by atoms with Gasteiger partial charge in [-0.25, -0.2) is 4.98 Å². The van der Waals surface area contributed by atoms with E-state index in [2.05, 4.69) is 15.2 Å². The molecule has 6 heteroatoms. The number of fused-ring (bicyclic) bond motifs is 3. The Morgan fingerprint density at radius 1 is 1.47 bits per heavy atom. The summed E-state index contributed by atoms with van der Waals surface area (Å²) in [4.78, 5) is 14.4. The van der Waals surface area contributed by atoms with Gasteiger partial charge in [0.25, 0.3) is 5.69 Å². The summed E-state index contributed by atoms with van der Waals surface area (Å²) in [5.41, 5.74) is 1.30. The molecule has 0 bridgehead atoms. The summed E-state index contributed by atoms with van der Waals surface area (Å²) in [6.07, 6.45) is 3.26. The van der Waals surface area contributed by atoms with Crippen LogP contribution in [0.2, 0.25) is 0 Å². The zero-order valence-corrected chi connectivity index (χ0v) is 7.52. The zero-order chi connectivity index (χ0) is 10.4. The van der Waals surface area contributed by atoms with E-state index in [4.69, 9.17) is 0 Å². The van der Waals surface area contributed by atoms with Crippen molar-refractivity contribution in [2.24, 2.45) is 0 Å². The Kier molecular flexibility index (Phi) is 1.37. The summed E-state index contributed by atoms with van der Waals surface area (Å²) >= 11 is 0. The van der Waals surface area contributed by atoms with Gasteiger partial charge in [0.2, 0.25) is 0 Å². The van der Waals surface area contributed by atoms with Crippen molar-refractivity contribution in [3.63, 3.8) is 0 Å². The van der Waals surface area contributed by atoms with Gasteiger partial charge in [0.1, 0.15) is 5.52 Å². The summed E-state index contributed by atoms with van der Waals surface area (Å²) in [6.45, 7) is 0. The van der Waals surface area contributed by atoms with Gasteiger partial charge in [-0.05, 0) is 6.07 Å². The maximum absolute atomic E-state index is 10.8. The number of non-ortho nitro benzene ring substituents is 1. The molecule has 0 radical (unpaired) electrons. The molecular formula is C9H6N4O2. The van der Waals surface area contributed by atoms with Crippen LogP contribution in [0.3, 0.4) is 0 Å². The predicted molar refractivity (Wildman–Crippen MR) is 54.6 cm³/mol. The highest BCUT2D eigenvalue weighted by Crippen LogP contribution is 2.30. The van der Waals surface area contributed by atoms with Gasteiger partial charge >= 0.3 is 0 Å². The Morgan fingerprint density at radius 3 is 3.13 bits per heavy atom. The average Bonchev–Trinajstić information content (AvgIpc) is 2.83. The number of benzene rings is 1. The lowest BCUT2D eigenvalue weighted by molar-refractivity contribution is -0.383. The van der Waals surface area contributed by atoms with Gasteiger partial charge < -0.3 is 10.2 Å². The average molecular weight is 202 g/mol. The number of hydrogen-bond acceptors (Lipinski definition) is 3. The lowest BCUT2D eigenvalue weighted by Crippen LogP contribution is -1.89. The first-order valence-electron chi connectivity index (χ1n) is 4.35. The molecule has 74 valence electrons. The number of nitro groups is 1. The molecule has 0 unspecified atom stereocenters. The number of aromatic nitrogens is 3. The number of aromatic amines is 2. The Bertz CT molecular complexity index is 667. The normalized spacial score (nSPS) is 11.2. The number of nitrogens with zero attached hydrogens (tertiary/aromatic N) is 2. The first kappa shape index (κ1) is 7.98. The van der Waals surface area contributed by atoms with Gasteiger partial charge in [-0.1, -0.05) is 0 Å². The Hall–Kier alpha value is -2.37. The molecule has 2 heterocycles. The van der Waals surface area contributed by atoms with Crippen molar-refractivity contribution < 1.29 is 4.92 Å². The maximum Gasteiger partial charge on any atom is 0.296 e. The van der Waals surface area contributed by atoms with Gasteiger partial charge in [0.05, 0.1) is 10.4 Å². The van der Waals surface area contributed by atoms with Gasteiger partial charge in [-0.2, -0.15) is 0 Å². The van der Waals surface area contributed by atoms with Crippen LogP contribution in [0.5, 0.6) is 0 Å². The Balaban J connectivity index is 2.59. The van der Waals surface area contributed by atoms with Crippen molar-refractivity contribution in [2.45, 2.75) is 0 Å². The number of hydrogen-bond donors (Lipinski definition) is 2. The third-order valence-electron chi connectivity index (χ3n) is 2.41. The van der Waals surface area contributed by atoms with E-state index in [0.717, 1.165) is 16.3 Å². The second-order valence-corrected chi connectivity index (χ2v) is 3.24. The topological polar surface area (TPSA) is 87.6 Å². The summed E-state index contributed by atoms with van der Waals surface area (Å²) in [7, 11) is 0. The third kappa shape index (κ3) is 0.954. The van der Waals surface area contributed by atoms with Gasteiger partial charge in [-0.15, -0.1) is 0 Å². The van der Waals surface area contributed by atoms with Gasteiger partial charge in [0, 0.05) is 29.2 Å². The van der Waals surface area contributed by atoms with E-state index >= 15 is 0 Å². The third-order valence-corrected chi connectivity index (χ3v) is 2.41. The monoisotopic (exact) mass is 202 g/mol. The summed E-state index contributed by atoms with van der Waals surface area (Å²) in [5, 5.41) is 18.1. The second-order valence-electron chi connectivity index (χ2n) is 3.24. The molecule has 0 aliphatic carbocycles. The van der Waals surface area contributed by atoms with E-state index in [9.17, 15) is 10.1 Å². The first-order valence-corrected chi connectivity index (χ1v) is 4.35. The molecule has 3 aromatic rings. The molecule has 0 saturated carbocycles. The minimum absolute atomic E-state index is 0.0375. The summed E-state index contributed by atoms with van der Waals surface area (Å²) < 4.78 is 0. The van der Waals surface area contributed by atoms with Crippen LogP contribution in [-0.2, 0) is 0 Å². The van der Waals surface area contributed by atoms with Crippen LogP contribution >= 0.6 is 0 Å². The minimum Gasteiger partial charge on any atom is -0.307 e. The number of rotatable bonds is 1. The molecule has 0 aliphatic heterocycles. The quantitative estimate of drug-likeness (QED) is 0.467. The molecule has 6 nitrogen and oxygen atoms in total. The number of nitrogens with one attached hydrogen (secondary N) is 2. The van der Waals surface area contributed by atoms with Crippen LogP contribution < -0.4 is 0 Å². The van der Waals surface area contributed by atoms with E-state index in [1.165, 1.54) is 6.07 Å². The van der Waals surface area contributed by atoms with E-state index < -0.39 is 4.92 Å². The molecule has 0 saturated heterocycles. The summed E-state index contributed by atoms with van der Waals surface area (Å²) in [5.74, 6) is 0. The maximum atomic E-state index is 10.8. The van der Waals surface area contributed by atoms with E-state index in [1.807, 2.05) is 0 Å². The SMILES string of the molecule is O=[N+]([O-])c1cc2c[nH][nH]c2c2ccnc12. The van der Waals surface area contributed by atoms with Crippen molar-refractivity contribution in [2.75, 3.05) is 0 Å². The highest BCUT2D eigenvalue weighted by atomic mass is 16.6. The van der Waals surface area contributed by atoms with Gasteiger partial charge in [0.15, 0.2) is 0 Å². The molecule has 0 atom stereocenters. The highest BCUT2D eigenvalue weighted by Gasteiger charge is 2.17. The molecule has 0 amide bonds. The molecule has 0 fully saturated rings. The van der Waals surface area contributed by atoms with Crippen LogP contribution in [0.15, 0.2) is 24.5 Å². The Labute approximate surface area is 83.1 Å². The van der Waals surface area contributed by atoms with Crippen LogP contribution in [0.4, 0.5) is 5.69 Å². The molecule has 2 aromatic heterocycles. The van der Waals surface area contributed by atoms with Crippen LogP contribution in [0, 0.1) is 10.1 Å². The molecule has 0 spiro atoms. The summed E-state index contributed by atoms with van der Waals surface area (Å²) in [6, 6.07) is 3.27. The highest BCUT2D eigenvalue weighted by molar-refractivity contribution is 6.08. The largest absolute Gasteiger partial charge is 0.307 e. The smallest absolute Gasteiger partial charge is 0.296 e. The van der Waals surface area contributed by atoms with Crippen molar-refractivity contribution in [1.82, 2.24) is 15.2 Å². The zero-order valence-electron chi connectivity index (χ0n) is 7.52. The fourth-order valence-corrected chi connectivity index (χ4v) is 1.76. The Morgan fingerprint density at radius 2 is 2.33 bits per heavy atom. The lowest BCUT2D eigenvalue weighted by Gasteiger charge is -1.94. The molecule has 2 N–H and O–H groups in total. The van der Waals surface area contributed by atoms with Crippen molar-refractivity contribution in [3.05, 3.63) is 34.6 Å². The van der Waals surface area contributed by atoms with Crippen molar-refractivity contribution in [1.29, 1.82) is 0 Å². The van der Waals surface area contributed by atoms with Crippen molar-refractivity contribution >= 4 is 27.5 Å². The van der Waals surface area contributed by atoms with Crippen LogP contribution in [0.25, 0.3) is 21.8 Å². The van der Waals surface area contributed by atoms with E-state index in [1.54, 1.807) is 18.5 Å². The fraction of sp³-hybridized carbons (Fsp3) is 0. The minimum atomic E-state index is -0.415. The van der Waals surface area contributed by atoms with E-state index in [0.29, 0.717) is 5.52 Å². The molecular weight excluding hydrogens is 196 g/mol. The molecule has 3 rings (SSSR count). The predicted octanol–water partition coefficient (Wildman–Crippen LogP) is 1.95. The number of nitro benzene ring substituents is 1. The fourth-order valence-electron chi connectivity index (χ4n) is 1.76. The van der Waals surface area contributed by atoms with Crippen LogP contribution in [-0.4, -0.2) is 20.1 Å².